The predicted molar refractivity (Wildman–Crippen MR) is 99.7 cm³/mol. The molecular weight excluding hydrogens is 352 g/mol. The Bertz CT molecular complexity index is 873. The molecule has 1 atom stereocenters. The maximum Gasteiger partial charge on any atom is 0.261 e. The maximum absolute atomic E-state index is 12.5. The molecule has 0 aromatic heterocycles. The molecule has 0 aliphatic carbocycles. The zero-order chi connectivity index (χ0) is 18.6. The van der Waals surface area contributed by atoms with Gasteiger partial charge < -0.3 is 10.1 Å². The Morgan fingerprint density at radius 2 is 1.88 bits per heavy atom. The predicted octanol–water partition coefficient (Wildman–Crippen LogP) is 2.70. The maximum atomic E-state index is 12.5. The summed E-state index contributed by atoms with van der Waals surface area (Å²) in [5, 5.41) is 2.82. The number of para-hydroxylation sites is 1. The first-order chi connectivity index (χ1) is 12.5. The highest BCUT2D eigenvalue weighted by Gasteiger charge is 2.18. The molecule has 1 fully saturated rings. The molecular formula is C19H22N2O4S. The molecule has 7 heteroatoms. The van der Waals surface area contributed by atoms with Gasteiger partial charge >= 0.3 is 0 Å². The number of nitrogens with one attached hydrogen (secondary N) is 2. The molecule has 0 unspecified atom stereocenters. The van der Waals surface area contributed by atoms with Crippen LogP contribution < -0.4 is 10.0 Å². The Morgan fingerprint density at radius 1 is 1.15 bits per heavy atom. The van der Waals surface area contributed by atoms with Gasteiger partial charge in [0.2, 0.25) is 0 Å². The molecule has 0 bridgehead atoms. The lowest BCUT2D eigenvalue weighted by Crippen LogP contribution is -2.31. The summed E-state index contributed by atoms with van der Waals surface area (Å²) in [5.41, 5.74) is 1.78. The van der Waals surface area contributed by atoms with Gasteiger partial charge in [-0.05, 0) is 55.7 Å². The quantitative estimate of drug-likeness (QED) is 0.814. The Labute approximate surface area is 153 Å². The van der Waals surface area contributed by atoms with Crippen LogP contribution in [0.25, 0.3) is 0 Å². The van der Waals surface area contributed by atoms with Crippen LogP contribution in [0.2, 0.25) is 0 Å². The van der Waals surface area contributed by atoms with Crippen molar-refractivity contribution in [3.05, 3.63) is 59.7 Å². The fourth-order valence-corrected chi connectivity index (χ4v) is 3.92. The molecule has 2 aromatic rings. The molecule has 2 N–H and O–H groups in total. The molecule has 0 spiro atoms. The second kappa shape index (κ2) is 7.88. The number of hydrogen-bond acceptors (Lipinski definition) is 4. The first kappa shape index (κ1) is 18.4. The summed E-state index contributed by atoms with van der Waals surface area (Å²) >= 11 is 0. The van der Waals surface area contributed by atoms with Gasteiger partial charge in [0.25, 0.3) is 15.9 Å². The van der Waals surface area contributed by atoms with Crippen LogP contribution in [0.4, 0.5) is 5.69 Å². The lowest BCUT2D eigenvalue weighted by atomic mass is 10.2. The second-order valence-corrected chi connectivity index (χ2v) is 7.97. The van der Waals surface area contributed by atoms with Crippen LogP contribution in [0, 0.1) is 6.92 Å². The third-order valence-electron chi connectivity index (χ3n) is 4.33. The molecule has 1 saturated heterocycles. The van der Waals surface area contributed by atoms with Crippen LogP contribution in [0.3, 0.4) is 0 Å². The number of benzene rings is 2. The minimum atomic E-state index is -3.71. The Kier molecular flexibility index (Phi) is 5.58. The smallest absolute Gasteiger partial charge is 0.261 e. The van der Waals surface area contributed by atoms with E-state index >= 15 is 0 Å². The Hall–Kier alpha value is -2.38. The number of carbonyl (C=O) groups is 1. The van der Waals surface area contributed by atoms with Crippen molar-refractivity contribution in [2.24, 2.45) is 0 Å². The van der Waals surface area contributed by atoms with Gasteiger partial charge in [-0.3, -0.25) is 9.52 Å². The van der Waals surface area contributed by atoms with E-state index in [2.05, 4.69) is 10.0 Å². The topological polar surface area (TPSA) is 84.5 Å². The summed E-state index contributed by atoms with van der Waals surface area (Å²) in [6.07, 6.45) is 2.03. The summed E-state index contributed by atoms with van der Waals surface area (Å²) in [6, 6.07) is 13.0. The molecule has 0 radical (unpaired) electrons. The van der Waals surface area contributed by atoms with E-state index in [-0.39, 0.29) is 16.9 Å². The number of anilines is 1. The summed E-state index contributed by atoms with van der Waals surface area (Å²) in [5.74, 6) is -0.240. The Morgan fingerprint density at radius 3 is 2.54 bits per heavy atom. The van der Waals surface area contributed by atoms with Crippen LogP contribution in [0.1, 0.15) is 28.8 Å². The van der Waals surface area contributed by atoms with E-state index in [0.29, 0.717) is 17.8 Å². The average molecular weight is 374 g/mol. The van der Waals surface area contributed by atoms with Crippen LogP contribution in [0.5, 0.6) is 0 Å². The lowest BCUT2D eigenvalue weighted by Gasteiger charge is -2.12. The summed E-state index contributed by atoms with van der Waals surface area (Å²) in [6.45, 7) is 3.04. The number of rotatable bonds is 6. The minimum absolute atomic E-state index is 0.0666. The highest BCUT2D eigenvalue weighted by molar-refractivity contribution is 7.92. The fraction of sp³-hybridized carbons (Fsp3) is 0.316. The zero-order valence-electron chi connectivity index (χ0n) is 14.6. The van der Waals surface area contributed by atoms with E-state index < -0.39 is 10.0 Å². The molecule has 3 rings (SSSR count). The van der Waals surface area contributed by atoms with E-state index in [1.54, 1.807) is 12.1 Å². The molecule has 26 heavy (non-hydrogen) atoms. The van der Waals surface area contributed by atoms with Gasteiger partial charge in [-0.1, -0.05) is 18.2 Å². The SMILES string of the molecule is Cc1ccccc1NS(=O)(=O)c1ccc(C(=O)NC[C@H]2CCCO2)cc1. The van der Waals surface area contributed by atoms with Gasteiger partial charge in [-0.2, -0.15) is 0 Å². The summed E-state index contributed by atoms with van der Waals surface area (Å²) in [7, 11) is -3.71. The van der Waals surface area contributed by atoms with Crippen molar-refractivity contribution in [3.8, 4) is 0 Å². The van der Waals surface area contributed by atoms with E-state index in [1.165, 1.54) is 24.3 Å². The first-order valence-corrected chi connectivity index (χ1v) is 10.0. The van der Waals surface area contributed by atoms with E-state index in [4.69, 9.17) is 4.74 Å². The average Bonchev–Trinajstić information content (AvgIpc) is 3.15. The second-order valence-electron chi connectivity index (χ2n) is 6.29. The van der Waals surface area contributed by atoms with Crippen LogP contribution in [-0.4, -0.2) is 33.6 Å². The number of amides is 1. The third kappa shape index (κ3) is 4.42. The molecule has 0 saturated carbocycles. The zero-order valence-corrected chi connectivity index (χ0v) is 15.4. The van der Waals surface area contributed by atoms with Gasteiger partial charge in [-0.25, -0.2) is 8.42 Å². The normalized spacial score (nSPS) is 17.0. The van der Waals surface area contributed by atoms with Crippen molar-refractivity contribution in [3.63, 3.8) is 0 Å². The molecule has 1 aliphatic rings. The standard InChI is InChI=1S/C19H22N2O4S/c1-14-5-2-3-7-18(14)21-26(23,24)17-10-8-15(9-11-17)19(22)20-13-16-6-4-12-25-16/h2-3,5,7-11,16,21H,4,6,12-13H2,1H3,(H,20,22)/t16-/m1/s1. The van der Waals surface area contributed by atoms with Crippen LogP contribution in [0.15, 0.2) is 53.4 Å². The molecule has 2 aromatic carbocycles. The fourth-order valence-electron chi connectivity index (χ4n) is 2.79. The number of sulfonamides is 1. The highest BCUT2D eigenvalue weighted by atomic mass is 32.2. The van der Waals surface area contributed by atoms with Gasteiger partial charge in [0.15, 0.2) is 0 Å². The van der Waals surface area contributed by atoms with Crippen molar-refractivity contribution in [1.82, 2.24) is 5.32 Å². The van der Waals surface area contributed by atoms with E-state index in [0.717, 1.165) is 25.0 Å². The largest absolute Gasteiger partial charge is 0.376 e. The molecule has 1 aliphatic heterocycles. The summed E-state index contributed by atoms with van der Waals surface area (Å²) < 4.78 is 33.0. The molecule has 1 heterocycles. The van der Waals surface area contributed by atoms with Crippen molar-refractivity contribution in [2.45, 2.75) is 30.8 Å². The molecule has 1 amide bonds. The molecule has 138 valence electrons. The van der Waals surface area contributed by atoms with Gasteiger partial charge in [0.05, 0.1) is 16.7 Å². The first-order valence-electron chi connectivity index (χ1n) is 8.54. The van der Waals surface area contributed by atoms with Gasteiger partial charge in [0, 0.05) is 18.7 Å². The van der Waals surface area contributed by atoms with E-state index in [1.807, 2.05) is 19.1 Å². The number of ether oxygens (including phenoxy) is 1. The molecule has 6 nitrogen and oxygen atoms in total. The lowest BCUT2D eigenvalue weighted by molar-refractivity contribution is 0.0857. The third-order valence-corrected chi connectivity index (χ3v) is 5.71. The number of carbonyl (C=O) groups excluding carboxylic acids is 1. The van der Waals surface area contributed by atoms with Crippen molar-refractivity contribution in [2.75, 3.05) is 17.9 Å². The monoisotopic (exact) mass is 374 g/mol. The highest BCUT2D eigenvalue weighted by Crippen LogP contribution is 2.19. The summed E-state index contributed by atoms with van der Waals surface area (Å²) in [4.78, 5) is 12.3. The number of hydrogen-bond donors (Lipinski definition) is 2. The Balaban J connectivity index is 1.66. The van der Waals surface area contributed by atoms with E-state index in [9.17, 15) is 13.2 Å². The van der Waals surface area contributed by atoms with Crippen molar-refractivity contribution < 1.29 is 17.9 Å². The van der Waals surface area contributed by atoms with Crippen molar-refractivity contribution >= 4 is 21.6 Å². The van der Waals surface area contributed by atoms with Crippen LogP contribution >= 0.6 is 0 Å². The number of aryl methyl sites for hydroxylation is 1. The minimum Gasteiger partial charge on any atom is -0.376 e. The van der Waals surface area contributed by atoms with Crippen molar-refractivity contribution in [1.29, 1.82) is 0 Å². The van der Waals surface area contributed by atoms with Crippen LogP contribution in [-0.2, 0) is 14.8 Å². The van der Waals surface area contributed by atoms with Gasteiger partial charge in [0.1, 0.15) is 0 Å². The van der Waals surface area contributed by atoms with Gasteiger partial charge in [-0.15, -0.1) is 0 Å².